The van der Waals surface area contributed by atoms with E-state index in [4.69, 9.17) is 5.73 Å². The Morgan fingerprint density at radius 2 is 2.35 bits per heavy atom. The van der Waals surface area contributed by atoms with Crippen molar-refractivity contribution in [2.24, 2.45) is 5.73 Å². The first-order chi connectivity index (χ1) is 8.35. The quantitative estimate of drug-likeness (QED) is 0.811. The van der Waals surface area contributed by atoms with Gasteiger partial charge in [-0.1, -0.05) is 18.7 Å². The van der Waals surface area contributed by atoms with Crippen LogP contribution in [-0.4, -0.2) is 19.7 Å². The molecule has 0 saturated carbocycles. The van der Waals surface area contributed by atoms with E-state index in [0.29, 0.717) is 6.54 Å². The Morgan fingerprint density at radius 1 is 1.47 bits per heavy atom. The SMILES string of the molecule is CCCn1c(CN)nnc1SCc1cscn1. The van der Waals surface area contributed by atoms with Crippen molar-refractivity contribution in [3.63, 3.8) is 0 Å². The van der Waals surface area contributed by atoms with E-state index in [0.717, 1.165) is 35.4 Å². The van der Waals surface area contributed by atoms with E-state index in [2.05, 4.69) is 32.1 Å². The zero-order valence-electron chi connectivity index (χ0n) is 9.67. The van der Waals surface area contributed by atoms with Crippen LogP contribution in [0.25, 0.3) is 0 Å². The third-order valence-corrected chi connectivity index (χ3v) is 3.89. The summed E-state index contributed by atoms with van der Waals surface area (Å²) >= 11 is 3.27. The van der Waals surface area contributed by atoms with Crippen LogP contribution in [0.5, 0.6) is 0 Å². The Bertz CT molecular complexity index is 451. The molecule has 0 atom stereocenters. The van der Waals surface area contributed by atoms with Crippen LogP contribution in [0.2, 0.25) is 0 Å². The lowest BCUT2D eigenvalue weighted by Crippen LogP contribution is -2.09. The van der Waals surface area contributed by atoms with Gasteiger partial charge in [0.2, 0.25) is 0 Å². The topological polar surface area (TPSA) is 69.6 Å². The molecule has 0 bridgehead atoms. The highest BCUT2D eigenvalue weighted by Crippen LogP contribution is 2.22. The first-order valence-corrected chi connectivity index (χ1v) is 7.40. The van der Waals surface area contributed by atoms with Crippen molar-refractivity contribution < 1.29 is 0 Å². The highest BCUT2D eigenvalue weighted by Gasteiger charge is 2.11. The van der Waals surface area contributed by atoms with E-state index >= 15 is 0 Å². The monoisotopic (exact) mass is 269 g/mol. The average molecular weight is 269 g/mol. The minimum atomic E-state index is 0.435. The van der Waals surface area contributed by atoms with Crippen LogP contribution in [-0.2, 0) is 18.8 Å². The molecule has 0 saturated heterocycles. The van der Waals surface area contributed by atoms with Crippen LogP contribution in [0, 0.1) is 0 Å². The molecule has 92 valence electrons. The highest BCUT2D eigenvalue weighted by atomic mass is 32.2. The molecule has 2 N–H and O–H groups in total. The Kier molecular flexibility index (Phi) is 4.52. The zero-order valence-corrected chi connectivity index (χ0v) is 11.3. The first kappa shape index (κ1) is 12.5. The molecule has 0 aromatic carbocycles. The molecule has 0 unspecified atom stereocenters. The fourth-order valence-electron chi connectivity index (χ4n) is 1.47. The molecule has 2 rings (SSSR count). The van der Waals surface area contributed by atoms with Gasteiger partial charge in [-0.25, -0.2) is 4.98 Å². The summed E-state index contributed by atoms with van der Waals surface area (Å²) < 4.78 is 2.09. The maximum atomic E-state index is 5.64. The third kappa shape index (κ3) is 3.05. The van der Waals surface area contributed by atoms with Gasteiger partial charge in [0.05, 0.1) is 17.7 Å². The Hall–Kier alpha value is -0.920. The molecule has 0 aliphatic rings. The molecule has 0 fully saturated rings. The van der Waals surface area contributed by atoms with Crippen molar-refractivity contribution in [2.45, 2.75) is 37.3 Å². The molecule has 2 heterocycles. The van der Waals surface area contributed by atoms with E-state index in [9.17, 15) is 0 Å². The molecule has 5 nitrogen and oxygen atoms in total. The largest absolute Gasteiger partial charge is 0.324 e. The number of rotatable bonds is 6. The number of hydrogen-bond acceptors (Lipinski definition) is 6. The molecule has 0 amide bonds. The average Bonchev–Trinajstić information content (AvgIpc) is 2.96. The predicted molar refractivity (Wildman–Crippen MR) is 69.9 cm³/mol. The van der Waals surface area contributed by atoms with E-state index in [1.807, 2.05) is 5.51 Å². The summed E-state index contributed by atoms with van der Waals surface area (Å²) in [6.45, 7) is 3.48. The molecule has 7 heteroatoms. The Morgan fingerprint density at radius 3 is 3.00 bits per heavy atom. The number of thiazole rings is 1. The van der Waals surface area contributed by atoms with Crippen LogP contribution in [0.3, 0.4) is 0 Å². The Labute approximate surface area is 108 Å². The van der Waals surface area contributed by atoms with Crippen LogP contribution in [0.1, 0.15) is 24.9 Å². The summed E-state index contributed by atoms with van der Waals surface area (Å²) in [5.74, 6) is 1.68. The van der Waals surface area contributed by atoms with Crippen LogP contribution >= 0.6 is 23.1 Å². The molecule has 0 radical (unpaired) electrons. The smallest absolute Gasteiger partial charge is 0.191 e. The number of thioether (sulfide) groups is 1. The minimum absolute atomic E-state index is 0.435. The number of aromatic nitrogens is 4. The molecular weight excluding hydrogens is 254 g/mol. The number of nitrogens with two attached hydrogens (primary N) is 1. The summed E-state index contributed by atoms with van der Waals surface area (Å²) in [5, 5.41) is 11.3. The van der Waals surface area contributed by atoms with Crippen molar-refractivity contribution in [1.29, 1.82) is 0 Å². The predicted octanol–water partition coefficient (Wildman–Crippen LogP) is 1.90. The molecule has 2 aromatic rings. The Balaban J connectivity index is 2.06. The molecule has 0 spiro atoms. The lowest BCUT2D eigenvalue weighted by atomic mass is 10.4. The summed E-state index contributed by atoms with van der Waals surface area (Å²) in [7, 11) is 0. The molecule has 17 heavy (non-hydrogen) atoms. The van der Waals surface area contributed by atoms with Crippen LogP contribution in [0.4, 0.5) is 0 Å². The molecule has 2 aromatic heterocycles. The maximum absolute atomic E-state index is 5.64. The van der Waals surface area contributed by atoms with E-state index in [-0.39, 0.29) is 0 Å². The third-order valence-electron chi connectivity index (χ3n) is 2.26. The number of nitrogens with zero attached hydrogens (tertiary/aromatic N) is 4. The van der Waals surface area contributed by atoms with Crippen LogP contribution < -0.4 is 5.73 Å². The van der Waals surface area contributed by atoms with Crippen molar-refractivity contribution in [3.05, 3.63) is 22.4 Å². The van der Waals surface area contributed by atoms with E-state index < -0.39 is 0 Å². The van der Waals surface area contributed by atoms with Gasteiger partial charge in [-0.15, -0.1) is 21.5 Å². The van der Waals surface area contributed by atoms with Crippen molar-refractivity contribution in [3.8, 4) is 0 Å². The van der Waals surface area contributed by atoms with Gasteiger partial charge in [0, 0.05) is 17.7 Å². The second kappa shape index (κ2) is 6.13. The first-order valence-electron chi connectivity index (χ1n) is 5.47. The normalized spacial score (nSPS) is 10.9. The molecule has 0 aliphatic heterocycles. The summed E-state index contributed by atoms with van der Waals surface area (Å²) in [6.07, 6.45) is 1.05. The van der Waals surface area contributed by atoms with Crippen LogP contribution in [0.15, 0.2) is 16.0 Å². The van der Waals surface area contributed by atoms with Gasteiger partial charge in [-0.05, 0) is 6.42 Å². The highest BCUT2D eigenvalue weighted by molar-refractivity contribution is 7.98. The molecular formula is C10H15N5S2. The van der Waals surface area contributed by atoms with Gasteiger partial charge in [0.15, 0.2) is 5.16 Å². The van der Waals surface area contributed by atoms with Gasteiger partial charge in [0.25, 0.3) is 0 Å². The second-order valence-corrected chi connectivity index (χ2v) is 5.18. The fourth-order valence-corrected chi connectivity index (χ4v) is 3.02. The van der Waals surface area contributed by atoms with Crippen molar-refractivity contribution in [1.82, 2.24) is 19.7 Å². The van der Waals surface area contributed by atoms with Gasteiger partial charge < -0.3 is 10.3 Å². The molecule has 0 aliphatic carbocycles. The minimum Gasteiger partial charge on any atom is -0.324 e. The van der Waals surface area contributed by atoms with Gasteiger partial charge in [-0.2, -0.15) is 0 Å². The number of hydrogen-bond donors (Lipinski definition) is 1. The lowest BCUT2D eigenvalue weighted by Gasteiger charge is -2.06. The standard InChI is InChI=1S/C10H15N5S2/c1-2-3-15-9(4-11)13-14-10(15)17-6-8-5-16-7-12-8/h5,7H,2-4,6,11H2,1H3. The van der Waals surface area contributed by atoms with Gasteiger partial charge in [-0.3, -0.25) is 0 Å². The second-order valence-electron chi connectivity index (χ2n) is 3.52. The van der Waals surface area contributed by atoms with Gasteiger partial charge >= 0.3 is 0 Å². The summed E-state index contributed by atoms with van der Waals surface area (Å²) in [4.78, 5) is 4.25. The fraction of sp³-hybridized carbons (Fsp3) is 0.500. The lowest BCUT2D eigenvalue weighted by molar-refractivity contribution is 0.592. The summed E-state index contributed by atoms with van der Waals surface area (Å²) in [6, 6.07) is 0. The van der Waals surface area contributed by atoms with E-state index in [1.165, 1.54) is 0 Å². The maximum Gasteiger partial charge on any atom is 0.191 e. The van der Waals surface area contributed by atoms with Gasteiger partial charge in [0.1, 0.15) is 5.82 Å². The van der Waals surface area contributed by atoms with Crippen molar-refractivity contribution in [2.75, 3.05) is 0 Å². The van der Waals surface area contributed by atoms with Crippen molar-refractivity contribution >= 4 is 23.1 Å². The zero-order chi connectivity index (χ0) is 12.1. The summed E-state index contributed by atoms with van der Waals surface area (Å²) in [5.41, 5.74) is 8.57. The van der Waals surface area contributed by atoms with E-state index in [1.54, 1.807) is 23.1 Å².